The second-order valence-corrected chi connectivity index (χ2v) is 7.11. The van der Waals surface area contributed by atoms with Gasteiger partial charge in [0.1, 0.15) is 5.56 Å². The molecule has 1 aromatic heterocycles. The highest BCUT2D eigenvalue weighted by atomic mass is 32.1. The van der Waals surface area contributed by atoms with Crippen molar-refractivity contribution in [3.8, 4) is 11.5 Å². The Kier molecular flexibility index (Phi) is 5.92. The molecular formula is C17H15F2N3O6S. The lowest BCUT2D eigenvalue weighted by atomic mass is 10.1. The van der Waals surface area contributed by atoms with Crippen LogP contribution in [0.5, 0.6) is 11.5 Å². The van der Waals surface area contributed by atoms with E-state index in [4.69, 9.17) is 4.74 Å². The monoisotopic (exact) mass is 427 g/mol. The summed E-state index contributed by atoms with van der Waals surface area (Å²) in [6.07, 6.45) is 2.83. The van der Waals surface area contributed by atoms with Gasteiger partial charge in [-0.15, -0.1) is 11.3 Å². The molecule has 2 amide bonds. The Balaban J connectivity index is 1.78. The molecule has 2 aromatic rings. The number of rotatable bonds is 6. The zero-order valence-corrected chi connectivity index (χ0v) is 15.8. The fourth-order valence-corrected chi connectivity index (χ4v) is 4.06. The van der Waals surface area contributed by atoms with Crippen LogP contribution >= 0.6 is 11.3 Å². The molecule has 0 bridgehead atoms. The molecule has 1 aromatic carbocycles. The summed E-state index contributed by atoms with van der Waals surface area (Å²) in [4.78, 5) is 36.5. The van der Waals surface area contributed by atoms with Gasteiger partial charge in [0.05, 0.1) is 23.0 Å². The van der Waals surface area contributed by atoms with Crippen molar-refractivity contribution in [2.45, 2.75) is 25.9 Å². The number of halogens is 2. The summed E-state index contributed by atoms with van der Waals surface area (Å²) in [5, 5.41) is 11.3. The van der Waals surface area contributed by atoms with Crippen LogP contribution in [-0.4, -0.2) is 30.5 Å². The molecule has 0 radical (unpaired) electrons. The number of nitro benzene ring substituents is 1. The van der Waals surface area contributed by atoms with Crippen LogP contribution in [0.15, 0.2) is 18.2 Å². The fourth-order valence-electron chi connectivity index (χ4n) is 2.91. The number of alkyl halides is 2. The third-order valence-electron chi connectivity index (χ3n) is 4.20. The lowest BCUT2D eigenvalue weighted by molar-refractivity contribution is -0.385. The number of carbonyl (C=O) groups is 2. The van der Waals surface area contributed by atoms with Gasteiger partial charge in [-0.3, -0.25) is 30.6 Å². The quantitative estimate of drug-likeness (QED) is 0.540. The zero-order chi connectivity index (χ0) is 21.1. The SMILES string of the molecule is COc1cc(C(=O)NNC(=O)c2cc3c(s2)CCC3)c([N+](=O)[O-])cc1OC(F)F. The average Bonchev–Trinajstić information content (AvgIpc) is 3.27. The number of aryl methyl sites for hydroxylation is 2. The molecule has 3 rings (SSSR count). The highest BCUT2D eigenvalue weighted by Crippen LogP contribution is 2.35. The van der Waals surface area contributed by atoms with E-state index in [1.807, 2.05) is 0 Å². The Morgan fingerprint density at radius 1 is 1.17 bits per heavy atom. The molecule has 0 saturated heterocycles. The molecule has 0 saturated carbocycles. The van der Waals surface area contributed by atoms with Gasteiger partial charge in [0.15, 0.2) is 11.5 Å². The molecule has 0 fully saturated rings. The van der Waals surface area contributed by atoms with E-state index in [9.17, 15) is 28.5 Å². The van der Waals surface area contributed by atoms with Crippen LogP contribution in [0.25, 0.3) is 0 Å². The predicted octanol–water partition coefficient (Wildman–Crippen LogP) is 2.83. The van der Waals surface area contributed by atoms with Gasteiger partial charge in [0, 0.05) is 10.9 Å². The molecule has 1 aliphatic rings. The predicted molar refractivity (Wildman–Crippen MR) is 97.6 cm³/mol. The van der Waals surface area contributed by atoms with Crippen LogP contribution in [0.1, 0.15) is 36.9 Å². The van der Waals surface area contributed by atoms with Gasteiger partial charge in [-0.1, -0.05) is 0 Å². The van der Waals surface area contributed by atoms with Crippen molar-refractivity contribution < 1.29 is 32.8 Å². The van der Waals surface area contributed by atoms with Gasteiger partial charge in [0.2, 0.25) is 0 Å². The largest absolute Gasteiger partial charge is 0.493 e. The summed E-state index contributed by atoms with van der Waals surface area (Å²) in [6, 6.07) is 3.29. The van der Waals surface area contributed by atoms with E-state index in [0.717, 1.165) is 42.9 Å². The average molecular weight is 427 g/mol. The van der Waals surface area contributed by atoms with Crippen molar-refractivity contribution in [2.24, 2.45) is 0 Å². The fraction of sp³-hybridized carbons (Fsp3) is 0.294. The highest BCUT2D eigenvalue weighted by Gasteiger charge is 2.26. The maximum Gasteiger partial charge on any atom is 0.387 e. The van der Waals surface area contributed by atoms with Crippen LogP contribution in [0, 0.1) is 10.1 Å². The molecule has 0 spiro atoms. The molecular weight excluding hydrogens is 412 g/mol. The zero-order valence-electron chi connectivity index (χ0n) is 15.0. The van der Waals surface area contributed by atoms with Crippen molar-refractivity contribution in [3.05, 3.63) is 49.2 Å². The molecule has 0 aliphatic heterocycles. The molecule has 12 heteroatoms. The van der Waals surface area contributed by atoms with E-state index in [1.54, 1.807) is 6.07 Å². The number of methoxy groups -OCH3 is 1. The van der Waals surface area contributed by atoms with Crippen LogP contribution in [-0.2, 0) is 12.8 Å². The number of carbonyl (C=O) groups excluding carboxylic acids is 2. The second kappa shape index (κ2) is 8.39. The first-order chi connectivity index (χ1) is 13.8. The summed E-state index contributed by atoms with van der Waals surface area (Å²) in [6.45, 7) is -3.24. The van der Waals surface area contributed by atoms with E-state index >= 15 is 0 Å². The van der Waals surface area contributed by atoms with Gasteiger partial charge in [-0.25, -0.2) is 0 Å². The molecule has 9 nitrogen and oxygen atoms in total. The normalized spacial score (nSPS) is 12.4. The number of hydrogen-bond donors (Lipinski definition) is 2. The summed E-state index contributed by atoms with van der Waals surface area (Å²) < 4.78 is 34.0. The number of benzene rings is 1. The number of ether oxygens (including phenoxy) is 2. The summed E-state index contributed by atoms with van der Waals surface area (Å²) in [5.41, 5.74) is 4.09. The molecule has 29 heavy (non-hydrogen) atoms. The van der Waals surface area contributed by atoms with Crippen molar-refractivity contribution in [2.75, 3.05) is 7.11 Å². The lowest BCUT2D eigenvalue weighted by Gasteiger charge is -2.12. The summed E-state index contributed by atoms with van der Waals surface area (Å²) in [7, 11) is 1.12. The highest BCUT2D eigenvalue weighted by molar-refractivity contribution is 7.14. The first-order valence-corrected chi connectivity index (χ1v) is 9.15. The van der Waals surface area contributed by atoms with Crippen molar-refractivity contribution in [1.29, 1.82) is 0 Å². The van der Waals surface area contributed by atoms with E-state index in [0.29, 0.717) is 10.9 Å². The number of nitro groups is 1. The van der Waals surface area contributed by atoms with Gasteiger partial charge in [-0.05, 0) is 30.9 Å². The van der Waals surface area contributed by atoms with E-state index in [1.165, 1.54) is 11.3 Å². The minimum absolute atomic E-state index is 0.304. The Labute approximate surface area is 166 Å². The number of hydrogen-bond acceptors (Lipinski definition) is 7. The molecule has 1 aliphatic carbocycles. The number of amides is 2. The first kappa shape index (κ1) is 20.5. The number of nitrogens with one attached hydrogen (secondary N) is 2. The first-order valence-electron chi connectivity index (χ1n) is 8.33. The van der Waals surface area contributed by atoms with Gasteiger partial charge < -0.3 is 9.47 Å². The number of fused-ring (bicyclic) bond motifs is 1. The van der Waals surface area contributed by atoms with Crippen LogP contribution in [0.2, 0.25) is 0 Å². The number of hydrazine groups is 1. The summed E-state index contributed by atoms with van der Waals surface area (Å²) in [5.74, 6) is -2.48. The Bertz CT molecular complexity index is 957. The smallest absolute Gasteiger partial charge is 0.387 e. The minimum atomic E-state index is -3.24. The molecule has 0 unspecified atom stereocenters. The van der Waals surface area contributed by atoms with Gasteiger partial charge in [0.25, 0.3) is 17.5 Å². The van der Waals surface area contributed by atoms with Crippen molar-refractivity contribution in [1.82, 2.24) is 10.9 Å². The van der Waals surface area contributed by atoms with Gasteiger partial charge >= 0.3 is 6.61 Å². The van der Waals surface area contributed by atoms with Crippen LogP contribution in [0.4, 0.5) is 14.5 Å². The van der Waals surface area contributed by atoms with E-state index < -0.39 is 40.3 Å². The van der Waals surface area contributed by atoms with E-state index in [2.05, 4.69) is 15.6 Å². The van der Waals surface area contributed by atoms with Crippen molar-refractivity contribution >= 4 is 28.8 Å². The lowest BCUT2D eigenvalue weighted by Crippen LogP contribution is -2.41. The third-order valence-corrected chi connectivity index (χ3v) is 5.44. The Morgan fingerprint density at radius 3 is 2.52 bits per heavy atom. The van der Waals surface area contributed by atoms with E-state index in [-0.39, 0.29) is 5.75 Å². The third kappa shape index (κ3) is 4.42. The molecule has 0 atom stereocenters. The molecule has 1 heterocycles. The van der Waals surface area contributed by atoms with Crippen molar-refractivity contribution in [3.63, 3.8) is 0 Å². The van der Waals surface area contributed by atoms with Crippen LogP contribution in [0.3, 0.4) is 0 Å². The maximum atomic E-state index is 12.5. The molecule has 2 N–H and O–H groups in total. The maximum absolute atomic E-state index is 12.5. The Hall–Kier alpha value is -3.28. The standard InChI is InChI=1S/C17H15F2N3O6S/c1-27-11-6-9(10(22(25)26)7-12(11)28-17(18)19)15(23)20-21-16(24)14-5-8-3-2-4-13(8)29-14/h5-7,17H,2-4H2,1H3,(H,20,23)(H,21,24). The second-order valence-electron chi connectivity index (χ2n) is 5.98. The number of thiophene rings is 1. The molecule has 154 valence electrons. The van der Waals surface area contributed by atoms with Crippen LogP contribution < -0.4 is 20.3 Å². The van der Waals surface area contributed by atoms with Gasteiger partial charge in [-0.2, -0.15) is 8.78 Å². The summed E-state index contributed by atoms with van der Waals surface area (Å²) >= 11 is 1.32. The number of nitrogens with zero attached hydrogens (tertiary/aromatic N) is 1. The Morgan fingerprint density at radius 2 is 1.90 bits per heavy atom. The minimum Gasteiger partial charge on any atom is -0.493 e. The topological polar surface area (TPSA) is 120 Å².